The molecule has 3 fully saturated rings. The number of hydrogen-bond donors (Lipinski definition) is 2. The SMILES string of the molecule is CCCCN(C)C(=O)CCCCCCCCCC[C@@H]1Cc2cc(O)ccc2[C@H]2CC[C@@]3(C)[C@@H](CC[C@@]3(O)C#CCOC3CCCCO3)[C@H]12. The van der Waals surface area contributed by atoms with Crippen molar-refractivity contribution in [1.29, 1.82) is 0 Å². The molecule has 6 nitrogen and oxygen atoms in total. The number of phenolic OH excluding ortho intramolecular Hbond substituents is 1. The van der Waals surface area contributed by atoms with Crippen molar-refractivity contribution in [3.05, 3.63) is 29.3 Å². The Morgan fingerprint density at radius 3 is 2.54 bits per heavy atom. The molecule has 6 heteroatoms. The molecular formula is C42H65NO5. The van der Waals surface area contributed by atoms with Crippen LogP contribution in [-0.2, 0) is 20.7 Å². The lowest BCUT2D eigenvalue weighted by atomic mass is 9.50. The van der Waals surface area contributed by atoms with E-state index in [0.29, 0.717) is 48.4 Å². The fourth-order valence-electron chi connectivity index (χ4n) is 9.90. The molecular weight excluding hydrogens is 598 g/mol. The van der Waals surface area contributed by atoms with Gasteiger partial charge in [0.25, 0.3) is 0 Å². The van der Waals surface area contributed by atoms with Gasteiger partial charge in [-0.2, -0.15) is 0 Å². The van der Waals surface area contributed by atoms with Crippen LogP contribution < -0.4 is 0 Å². The highest BCUT2D eigenvalue weighted by molar-refractivity contribution is 5.75. The number of phenols is 1. The van der Waals surface area contributed by atoms with Crippen LogP contribution in [0.3, 0.4) is 0 Å². The van der Waals surface area contributed by atoms with Gasteiger partial charge in [0.15, 0.2) is 6.29 Å². The lowest BCUT2D eigenvalue weighted by Crippen LogP contribution is -2.52. The maximum Gasteiger partial charge on any atom is 0.222 e. The molecule has 1 saturated heterocycles. The Morgan fingerprint density at radius 2 is 1.79 bits per heavy atom. The zero-order valence-corrected chi connectivity index (χ0v) is 30.4. The van der Waals surface area contributed by atoms with Crippen LogP contribution in [0.2, 0.25) is 0 Å². The molecule has 0 aromatic heterocycles. The molecule has 5 rings (SSSR count). The average molecular weight is 664 g/mol. The first-order chi connectivity index (χ1) is 23.3. The molecule has 268 valence electrons. The van der Waals surface area contributed by atoms with Crippen molar-refractivity contribution >= 4 is 5.91 Å². The van der Waals surface area contributed by atoms with E-state index in [-0.39, 0.29) is 11.7 Å². The van der Waals surface area contributed by atoms with E-state index in [1.54, 1.807) is 0 Å². The molecule has 48 heavy (non-hydrogen) atoms. The summed E-state index contributed by atoms with van der Waals surface area (Å²) in [4.78, 5) is 14.2. The van der Waals surface area contributed by atoms with Crippen LogP contribution in [0.15, 0.2) is 18.2 Å². The molecule has 7 atom stereocenters. The van der Waals surface area contributed by atoms with Crippen LogP contribution in [0, 0.1) is 35.0 Å². The number of unbranched alkanes of at least 4 members (excludes halogenated alkanes) is 8. The molecule has 0 spiro atoms. The summed E-state index contributed by atoms with van der Waals surface area (Å²) in [6.45, 7) is 6.45. The van der Waals surface area contributed by atoms with Crippen LogP contribution >= 0.6 is 0 Å². The predicted molar refractivity (Wildman–Crippen MR) is 193 cm³/mol. The number of fused-ring (bicyclic) bond motifs is 5. The van der Waals surface area contributed by atoms with Crippen LogP contribution in [0.25, 0.3) is 0 Å². The number of benzene rings is 1. The third-order valence-electron chi connectivity index (χ3n) is 12.8. The van der Waals surface area contributed by atoms with Crippen LogP contribution in [0.5, 0.6) is 5.75 Å². The highest BCUT2D eigenvalue weighted by Crippen LogP contribution is 2.65. The number of amides is 1. The van der Waals surface area contributed by atoms with Gasteiger partial charge in [-0.3, -0.25) is 4.79 Å². The highest BCUT2D eigenvalue weighted by Gasteiger charge is 2.62. The number of carbonyl (C=O) groups excluding carboxylic acids is 1. The fraction of sp³-hybridized carbons (Fsp3) is 0.786. The molecule has 3 aliphatic carbocycles. The van der Waals surface area contributed by atoms with Gasteiger partial charge in [-0.15, -0.1) is 0 Å². The van der Waals surface area contributed by atoms with E-state index in [1.165, 1.54) is 56.1 Å². The second-order valence-corrected chi connectivity index (χ2v) is 15.9. The largest absolute Gasteiger partial charge is 0.508 e. The van der Waals surface area contributed by atoms with E-state index < -0.39 is 5.60 Å². The number of aromatic hydroxyl groups is 1. The summed E-state index contributed by atoms with van der Waals surface area (Å²) < 4.78 is 11.6. The molecule has 0 bridgehead atoms. The van der Waals surface area contributed by atoms with E-state index >= 15 is 0 Å². The lowest BCUT2D eigenvalue weighted by Gasteiger charge is -2.54. The Balaban J connectivity index is 1.11. The highest BCUT2D eigenvalue weighted by atomic mass is 16.7. The Kier molecular flexibility index (Phi) is 13.7. The Labute approximate surface area is 291 Å². The van der Waals surface area contributed by atoms with Gasteiger partial charge in [-0.1, -0.05) is 83.1 Å². The quantitative estimate of drug-likeness (QED) is 0.136. The van der Waals surface area contributed by atoms with Gasteiger partial charge in [-0.05, 0) is 118 Å². The first kappa shape index (κ1) is 37.2. The third-order valence-corrected chi connectivity index (χ3v) is 12.8. The molecule has 4 aliphatic rings. The predicted octanol–water partition coefficient (Wildman–Crippen LogP) is 8.91. The second kappa shape index (κ2) is 17.7. The minimum atomic E-state index is -0.975. The summed E-state index contributed by atoms with van der Waals surface area (Å²) >= 11 is 0. The average Bonchev–Trinajstić information content (AvgIpc) is 3.36. The zero-order valence-electron chi connectivity index (χ0n) is 30.4. The van der Waals surface area contributed by atoms with Crippen molar-refractivity contribution in [2.45, 2.75) is 160 Å². The molecule has 1 heterocycles. The summed E-state index contributed by atoms with van der Waals surface area (Å²) in [6.07, 6.45) is 21.7. The maximum atomic E-state index is 12.3. The van der Waals surface area contributed by atoms with Gasteiger partial charge in [-0.25, -0.2) is 0 Å². The van der Waals surface area contributed by atoms with Crippen LogP contribution in [0.4, 0.5) is 0 Å². The smallest absolute Gasteiger partial charge is 0.222 e. The number of carbonyl (C=O) groups is 1. The molecule has 1 amide bonds. The minimum absolute atomic E-state index is 0.156. The molecule has 0 radical (unpaired) electrons. The van der Waals surface area contributed by atoms with Crippen LogP contribution in [-0.4, -0.2) is 59.7 Å². The number of aliphatic hydroxyl groups is 1. The van der Waals surface area contributed by atoms with Crippen molar-refractivity contribution in [1.82, 2.24) is 4.90 Å². The topological polar surface area (TPSA) is 79.2 Å². The van der Waals surface area contributed by atoms with Gasteiger partial charge in [0.2, 0.25) is 5.91 Å². The van der Waals surface area contributed by atoms with Crippen molar-refractivity contribution in [3.8, 4) is 17.6 Å². The first-order valence-electron chi connectivity index (χ1n) is 19.8. The van der Waals surface area contributed by atoms with E-state index in [4.69, 9.17) is 9.47 Å². The maximum absolute atomic E-state index is 12.3. The van der Waals surface area contributed by atoms with Gasteiger partial charge >= 0.3 is 0 Å². The van der Waals surface area contributed by atoms with Crippen molar-refractivity contribution in [2.24, 2.45) is 23.2 Å². The molecule has 1 aromatic carbocycles. The van der Waals surface area contributed by atoms with Gasteiger partial charge in [0, 0.05) is 32.0 Å². The zero-order chi connectivity index (χ0) is 34.0. The number of ether oxygens (including phenoxy) is 2. The first-order valence-corrected chi connectivity index (χ1v) is 19.8. The van der Waals surface area contributed by atoms with E-state index in [9.17, 15) is 15.0 Å². The number of hydrogen-bond acceptors (Lipinski definition) is 5. The molecule has 1 aliphatic heterocycles. The molecule has 2 saturated carbocycles. The van der Waals surface area contributed by atoms with Crippen molar-refractivity contribution in [3.63, 3.8) is 0 Å². The second-order valence-electron chi connectivity index (χ2n) is 15.9. The Morgan fingerprint density at radius 1 is 1.02 bits per heavy atom. The lowest BCUT2D eigenvalue weighted by molar-refractivity contribution is -0.154. The normalized spacial score (nSPS) is 30.9. The number of rotatable bonds is 16. The molecule has 2 N–H and O–H groups in total. The van der Waals surface area contributed by atoms with Gasteiger partial charge < -0.3 is 24.6 Å². The van der Waals surface area contributed by atoms with Gasteiger partial charge in [0.1, 0.15) is 18.0 Å². The monoisotopic (exact) mass is 663 g/mol. The van der Waals surface area contributed by atoms with Crippen LogP contribution in [0.1, 0.15) is 153 Å². The minimum Gasteiger partial charge on any atom is -0.508 e. The van der Waals surface area contributed by atoms with E-state index in [1.807, 2.05) is 24.1 Å². The third kappa shape index (κ3) is 8.98. The molecule has 1 unspecified atom stereocenters. The summed E-state index contributed by atoms with van der Waals surface area (Å²) in [7, 11) is 1.94. The van der Waals surface area contributed by atoms with Crippen molar-refractivity contribution in [2.75, 3.05) is 26.8 Å². The Bertz CT molecular complexity index is 1230. The number of nitrogens with zero attached hydrogens (tertiary/aromatic N) is 1. The Hall–Kier alpha value is -2.07. The summed E-state index contributed by atoms with van der Waals surface area (Å²) in [5.41, 5.74) is 1.59. The summed E-state index contributed by atoms with van der Waals surface area (Å²) in [5, 5.41) is 22.5. The van der Waals surface area contributed by atoms with E-state index in [0.717, 1.165) is 90.2 Å². The van der Waals surface area contributed by atoms with Crippen molar-refractivity contribution < 1.29 is 24.5 Å². The summed E-state index contributed by atoms with van der Waals surface area (Å²) in [6, 6.07) is 6.09. The van der Waals surface area contributed by atoms with E-state index in [2.05, 4.69) is 31.8 Å². The fourth-order valence-corrected chi connectivity index (χ4v) is 9.90. The standard InChI is InChI=1S/C42H65NO5/c1-4-5-27-43(3)38(45)18-13-11-9-7-6-8-10-12-17-32-30-33-31-34(44)20-21-35(33)36-22-25-41(2)37(40(32)36)23-26-42(41,46)24-16-29-48-39-19-14-15-28-47-39/h20-21,31-32,36-37,39-40,44,46H,4-15,17-19,22-23,25-30H2,1-3H3/t32-,36-,37+,39?,40-,41+,42+/m1/s1. The van der Waals surface area contributed by atoms with Gasteiger partial charge in [0.05, 0.1) is 0 Å². The summed E-state index contributed by atoms with van der Waals surface area (Å²) in [5.74, 6) is 9.31. The molecule has 1 aromatic rings.